The molecule has 2 heterocycles. The van der Waals surface area contributed by atoms with Crippen LogP contribution in [-0.2, 0) is 16.6 Å². The van der Waals surface area contributed by atoms with E-state index in [1.807, 2.05) is 0 Å². The van der Waals surface area contributed by atoms with Gasteiger partial charge in [-0.25, -0.2) is 0 Å². The van der Waals surface area contributed by atoms with Crippen LogP contribution in [0.15, 0.2) is 18.2 Å². The van der Waals surface area contributed by atoms with Gasteiger partial charge < -0.3 is 15.2 Å². The molecule has 3 fully saturated rings. The average molecular weight is 342 g/mol. The fourth-order valence-electron chi connectivity index (χ4n) is 5.60. The van der Waals surface area contributed by atoms with Crippen molar-refractivity contribution in [3.8, 4) is 5.75 Å². The maximum absolute atomic E-state index is 6.46. The Labute approximate surface area is 150 Å². The first kappa shape index (κ1) is 16.1. The topological polar surface area (TPSA) is 47.7 Å². The van der Waals surface area contributed by atoms with Crippen LogP contribution in [0.1, 0.15) is 43.2 Å². The number of fused-ring (bicyclic) bond motifs is 1. The number of hydrogen-bond acceptors (Lipinski definition) is 4. The van der Waals surface area contributed by atoms with Gasteiger partial charge in [0, 0.05) is 24.0 Å². The second-order valence-corrected chi connectivity index (χ2v) is 8.80. The van der Waals surface area contributed by atoms with E-state index in [9.17, 15) is 0 Å². The van der Waals surface area contributed by atoms with Crippen molar-refractivity contribution in [1.29, 1.82) is 0 Å². The van der Waals surface area contributed by atoms with Crippen LogP contribution in [-0.4, -0.2) is 49.9 Å². The molecule has 0 spiro atoms. The summed E-state index contributed by atoms with van der Waals surface area (Å²) in [5.41, 5.74) is 9.59. The lowest BCUT2D eigenvalue weighted by Gasteiger charge is -2.39. The second-order valence-electron chi connectivity index (χ2n) is 8.80. The van der Waals surface area contributed by atoms with Crippen LogP contribution in [0.5, 0.6) is 5.75 Å². The lowest BCUT2D eigenvalue weighted by Crippen LogP contribution is -2.47. The number of likely N-dealkylation sites (tertiary alicyclic amines) is 1. The van der Waals surface area contributed by atoms with Gasteiger partial charge in [0.2, 0.25) is 0 Å². The maximum Gasteiger partial charge on any atom is 0.119 e. The molecule has 2 saturated heterocycles. The fourth-order valence-corrected chi connectivity index (χ4v) is 5.60. The van der Waals surface area contributed by atoms with Gasteiger partial charge >= 0.3 is 0 Å². The van der Waals surface area contributed by atoms with Gasteiger partial charge in [-0.05, 0) is 74.2 Å². The number of ether oxygens (including phenoxy) is 2. The third-order valence-electron chi connectivity index (χ3n) is 7.05. The number of rotatable bonds is 3. The Morgan fingerprint density at radius 3 is 3.00 bits per heavy atom. The zero-order valence-electron chi connectivity index (χ0n) is 15.2. The predicted octanol–water partition coefficient (Wildman–Crippen LogP) is 2.48. The third-order valence-corrected chi connectivity index (χ3v) is 7.05. The van der Waals surface area contributed by atoms with E-state index in [4.69, 9.17) is 15.2 Å². The van der Waals surface area contributed by atoms with Gasteiger partial charge in [-0.2, -0.15) is 0 Å². The quantitative estimate of drug-likeness (QED) is 0.917. The van der Waals surface area contributed by atoms with Crippen LogP contribution in [0.4, 0.5) is 0 Å². The largest absolute Gasteiger partial charge is 0.497 e. The first-order valence-electron chi connectivity index (χ1n) is 9.95. The zero-order valence-corrected chi connectivity index (χ0v) is 15.2. The number of benzene rings is 1. The standard InChI is InChI=1S/C21H30N2O2/c1-24-17-5-4-15-8-19-20-11-21(18(15)9-17,10-16(22)13-25-20)6-7-23(19)12-14-2-3-14/h4-5,9,14,16,19-20H,2-3,6-8,10-13,22H2,1H3/t16?,19-,20?,21+/m1/s1. The molecule has 5 rings (SSSR count). The molecule has 0 aromatic heterocycles. The van der Waals surface area contributed by atoms with Crippen LogP contribution in [0.25, 0.3) is 0 Å². The van der Waals surface area contributed by atoms with E-state index in [0.717, 1.165) is 30.9 Å². The first-order chi connectivity index (χ1) is 12.2. The first-order valence-corrected chi connectivity index (χ1v) is 9.95. The lowest BCUT2D eigenvalue weighted by molar-refractivity contribution is -0.00968. The Morgan fingerprint density at radius 1 is 1.32 bits per heavy atom. The normalized spacial score (nSPS) is 37.8. The monoisotopic (exact) mass is 342 g/mol. The van der Waals surface area contributed by atoms with E-state index in [2.05, 4.69) is 23.1 Å². The van der Waals surface area contributed by atoms with Crippen molar-refractivity contribution in [3.05, 3.63) is 29.3 Å². The minimum Gasteiger partial charge on any atom is -0.497 e. The molecule has 4 heteroatoms. The molecule has 0 amide bonds. The van der Waals surface area contributed by atoms with Crippen molar-refractivity contribution < 1.29 is 9.47 Å². The summed E-state index contributed by atoms with van der Waals surface area (Å²) in [6, 6.07) is 7.36. The summed E-state index contributed by atoms with van der Waals surface area (Å²) >= 11 is 0. The van der Waals surface area contributed by atoms with E-state index >= 15 is 0 Å². The molecule has 136 valence electrons. The van der Waals surface area contributed by atoms with Crippen molar-refractivity contribution >= 4 is 0 Å². The van der Waals surface area contributed by atoms with E-state index in [1.54, 1.807) is 7.11 Å². The van der Waals surface area contributed by atoms with Gasteiger partial charge in [-0.15, -0.1) is 0 Å². The predicted molar refractivity (Wildman–Crippen MR) is 98.0 cm³/mol. The highest BCUT2D eigenvalue weighted by atomic mass is 16.5. The molecule has 4 nitrogen and oxygen atoms in total. The summed E-state index contributed by atoms with van der Waals surface area (Å²) in [5, 5.41) is 0. The highest BCUT2D eigenvalue weighted by molar-refractivity contribution is 5.44. The smallest absolute Gasteiger partial charge is 0.119 e. The van der Waals surface area contributed by atoms with Crippen molar-refractivity contribution in [2.75, 3.05) is 26.8 Å². The van der Waals surface area contributed by atoms with E-state index in [0.29, 0.717) is 18.8 Å². The van der Waals surface area contributed by atoms with E-state index in [-0.39, 0.29) is 11.5 Å². The molecule has 3 bridgehead atoms. The molecule has 2 aliphatic carbocycles. The van der Waals surface area contributed by atoms with Crippen molar-refractivity contribution in [2.24, 2.45) is 11.7 Å². The van der Waals surface area contributed by atoms with Gasteiger partial charge in [0.05, 0.1) is 19.8 Å². The number of nitrogens with zero attached hydrogens (tertiary/aromatic N) is 1. The Bertz CT molecular complexity index is 659. The van der Waals surface area contributed by atoms with Gasteiger partial charge in [0.25, 0.3) is 0 Å². The Balaban J connectivity index is 1.61. The van der Waals surface area contributed by atoms with Gasteiger partial charge in [0.1, 0.15) is 5.75 Å². The van der Waals surface area contributed by atoms with Crippen molar-refractivity contribution in [1.82, 2.24) is 4.90 Å². The summed E-state index contributed by atoms with van der Waals surface area (Å²) in [5.74, 6) is 1.90. The molecule has 1 saturated carbocycles. The highest BCUT2D eigenvalue weighted by Crippen LogP contribution is 2.49. The average Bonchev–Trinajstić information content (AvgIpc) is 3.45. The Hall–Kier alpha value is -1.10. The molecular formula is C21H30N2O2. The van der Waals surface area contributed by atoms with Crippen LogP contribution < -0.4 is 10.5 Å². The molecule has 2 aliphatic heterocycles. The molecule has 1 aromatic carbocycles. The lowest BCUT2D eigenvalue weighted by atomic mass is 9.69. The number of nitrogens with two attached hydrogens (primary N) is 1. The fraction of sp³-hybridized carbons (Fsp3) is 0.714. The number of methoxy groups -OCH3 is 1. The molecule has 1 aromatic rings. The van der Waals surface area contributed by atoms with Crippen LogP contribution in [0, 0.1) is 5.92 Å². The van der Waals surface area contributed by atoms with E-state index in [1.165, 1.54) is 43.5 Å². The van der Waals surface area contributed by atoms with Gasteiger partial charge in [-0.3, -0.25) is 4.90 Å². The maximum atomic E-state index is 6.46. The summed E-state index contributed by atoms with van der Waals surface area (Å²) in [6.45, 7) is 3.15. The molecule has 2 unspecified atom stereocenters. The highest BCUT2D eigenvalue weighted by Gasteiger charge is 2.49. The minimum absolute atomic E-state index is 0.137. The summed E-state index contributed by atoms with van der Waals surface area (Å²) in [6.07, 6.45) is 7.60. The SMILES string of the molecule is COc1ccc2c(c1)[C@]13CCN(CC4CC4)[C@H](C2)C(C1)OCC(N)C3. The Kier molecular flexibility index (Phi) is 3.84. The summed E-state index contributed by atoms with van der Waals surface area (Å²) < 4.78 is 12.0. The van der Waals surface area contributed by atoms with Crippen LogP contribution in [0.2, 0.25) is 0 Å². The molecule has 2 N–H and O–H groups in total. The third kappa shape index (κ3) is 2.79. The molecule has 0 radical (unpaired) electrons. The van der Waals surface area contributed by atoms with Crippen molar-refractivity contribution in [2.45, 2.75) is 62.1 Å². The van der Waals surface area contributed by atoms with E-state index < -0.39 is 0 Å². The van der Waals surface area contributed by atoms with Crippen LogP contribution in [0.3, 0.4) is 0 Å². The summed E-state index contributed by atoms with van der Waals surface area (Å²) in [4.78, 5) is 2.76. The van der Waals surface area contributed by atoms with Crippen molar-refractivity contribution in [3.63, 3.8) is 0 Å². The minimum atomic E-state index is 0.137. The van der Waals surface area contributed by atoms with Gasteiger partial charge in [-0.1, -0.05) is 6.07 Å². The molecule has 4 aliphatic rings. The zero-order chi connectivity index (χ0) is 17.0. The summed E-state index contributed by atoms with van der Waals surface area (Å²) in [7, 11) is 1.77. The molecule has 25 heavy (non-hydrogen) atoms. The van der Waals surface area contributed by atoms with Gasteiger partial charge in [0.15, 0.2) is 0 Å². The van der Waals surface area contributed by atoms with Crippen LogP contribution >= 0.6 is 0 Å². The Morgan fingerprint density at radius 2 is 2.20 bits per heavy atom. The number of hydrogen-bond donors (Lipinski definition) is 1. The molecule has 4 atom stereocenters. The second kappa shape index (κ2) is 5.97. The molecular weight excluding hydrogens is 312 g/mol.